The van der Waals surface area contributed by atoms with Crippen molar-refractivity contribution in [3.63, 3.8) is 0 Å². The van der Waals surface area contributed by atoms with Crippen LogP contribution in [0.4, 0.5) is 8.78 Å². The fourth-order valence-electron chi connectivity index (χ4n) is 1.21. The average molecular weight is 214 g/mol. The number of rotatable bonds is 4. The van der Waals surface area contributed by atoms with Gasteiger partial charge < -0.3 is 4.74 Å². The fourth-order valence-corrected chi connectivity index (χ4v) is 1.21. The van der Waals surface area contributed by atoms with E-state index in [4.69, 9.17) is 0 Å². The molecule has 5 heteroatoms. The molecule has 0 unspecified atom stereocenters. The van der Waals surface area contributed by atoms with Crippen molar-refractivity contribution in [2.45, 2.75) is 13.5 Å². The number of aldehydes is 2. The molecular weight excluding hydrogens is 206 g/mol. The first-order chi connectivity index (χ1) is 7.08. The highest BCUT2D eigenvalue weighted by molar-refractivity contribution is 5.93. The number of hydrogen-bond acceptors (Lipinski definition) is 3. The van der Waals surface area contributed by atoms with E-state index in [9.17, 15) is 18.4 Å². The third-order valence-corrected chi connectivity index (χ3v) is 1.78. The summed E-state index contributed by atoms with van der Waals surface area (Å²) in [7, 11) is 0. The molecule has 0 aliphatic heterocycles. The Bertz CT molecular complexity index is 388. The number of aryl methyl sites for hydroxylation is 1. The van der Waals surface area contributed by atoms with Crippen LogP contribution in [0.15, 0.2) is 12.1 Å². The zero-order valence-electron chi connectivity index (χ0n) is 7.87. The second-order valence-corrected chi connectivity index (χ2v) is 2.88. The molecule has 0 aliphatic rings. The van der Waals surface area contributed by atoms with Gasteiger partial charge in [0.05, 0.1) is 5.56 Å². The zero-order valence-corrected chi connectivity index (χ0v) is 7.87. The summed E-state index contributed by atoms with van der Waals surface area (Å²) in [5.41, 5.74) is 0.454. The van der Waals surface area contributed by atoms with Crippen molar-refractivity contribution in [1.82, 2.24) is 0 Å². The first-order valence-corrected chi connectivity index (χ1v) is 4.08. The smallest absolute Gasteiger partial charge is 0.387 e. The van der Waals surface area contributed by atoms with Gasteiger partial charge in [0.2, 0.25) is 0 Å². The quantitative estimate of drug-likeness (QED) is 0.722. The molecule has 0 bridgehead atoms. The van der Waals surface area contributed by atoms with Crippen LogP contribution >= 0.6 is 0 Å². The van der Waals surface area contributed by atoms with Crippen molar-refractivity contribution in [1.29, 1.82) is 0 Å². The van der Waals surface area contributed by atoms with Crippen molar-refractivity contribution in [3.05, 3.63) is 28.8 Å². The van der Waals surface area contributed by atoms with Gasteiger partial charge in [0.1, 0.15) is 5.75 Å². The number of halogens is 2. The molecule has 0 aliphatic carbocycles. The summed E-state index contributed by atoms with van der Waals surface area (Å²) in [6.45, 7) is -1.41. The zero-order chi connectivity index (χ0) is 11.4. The molecule has 0 saturated carbocycles. The minimum atomic E-state index is -3.02. The lowest BCUT2D eigenvalue weighted by atomic mass is 10.1. The summed E-state index contributed by atoms with van der Waals surface area (Å²) in [4.78, 5) is 21.2. The van der Waals surface area contributed by atoms with Crippen molar-refractivity contribution in [3.8, 4) is 5.75 Å². The maximum Gasteiger partial charge on any atom is 0.387 e. The maximum absolute atomic E-state index is 12.0. The molecular formula is C10H8F2O3. The molecule has 15 heavy (non-hydrogen) atoms. The van der Waals surface area contributed by atoms with Crippen molar-refractivity contribution in [2.75, 3.05) is 0 Å². The molecule has 0 fully saturated rings. The highest BCUT2D eigenvalue weighted by Crippen LogP contribution is 2.23. The Balaban J connectivity index is 3.28. The molecule has 3 nitrogen and oxygen atoms in total. The van der Waals surface area contributed by atoms with Gasteiger partial charge in [-0.1, -0.05) is 0 Å². The van der Waals surface area contributed by atoms with Gasteiger partial charge in [-0.25, -0.2) is 0 Å². The Morgan fingerprint density at radius 1 is 1.27 bits per heavy atom. The van der Waals surface area contributed by atoms with E-state index in [1.54, 1.807) is 6.92 Å². The van der Waals surface area contributed by atoms with Crippen LogP contribution in [0.2, 0.25) is 0 Å². The van der Waals surface area contributed by atoms with E-state index >= 15 is 0 Å². The summed E-state index contributed by atoms with van der Waals surface area (Å²) < 4.78 is 28.1. The Morgan fingerprint density at radius 2 is 1.93 bits per heavy atom. The van der Waals surface area contributed by atoms with E-state index in [0.717, 1.165) is 0 Å². The molecule has 0 saturated heterocycles. The highest BCUT2D eigenvalue weighted by atomic mass is 19.3. The van der Waals surface area contributed by atoms with Gasteiger partial charge in [-0.3, -0.25) is 9.59 Å². The summed E-state index contributed by atoms with van der Waals surface area (Å²) in [6, 6.07) is 2.71. The second-order valence-electron chi connectivity index (χ2n) is 2.88. The van der Waals surface area contributed by atoms with Crippen LogP contribution < -0.4 is 4.74 Å². The van der Waals surface area contributed by atoms with Gasteiger partial charge in [0.15, 0.2) is 12.6 Å². The van der Waals surface area contributed by atoms with Crippen LogP contribution in [0.5, 0.6) is 5.75 Å². The normalized spacial score (nSPS) is 10.1. The summed E-state index contributed by atoms with van der Waals surface area (Å²) in [5.74, 6) is -0.276. The van der Waals surface area contributed by atoms with E-state index in [1.807, 2.05) is 0 Å². The van der Waals surface area contributed by atoms with E-state index in [-0.39, 0.29) is 16.9 Å². The summed E-state index contributed by atoms with van der Waals surface area (Å²) >= 11 is 0. The van der Waals surface area contributed by atoms with Crippen LogP contribution in [0.3, 0.4) is 0 Å². The van der Waals surface area contributed by atoms with Gasteiger partial charge in [-0.2, -0.15) is 8.78 Å². The van der Waals surface area contributed by atoms with E-state index in [1.165, 1.54) is 12.1 Å². The summed E-state index contributed by atoms with van der Waals surface area (Å²) in [5, 5.41) is 0. The second kappa shape index (κ2) is 4.63. The Kier molecular flexibility index (Phi) is 3.49. The molecule has 1 rings (SSSR count). The SMILES string of the molecule is Cc1cc(C=O)c(C=O)c(OC(F)F)c1. The predicted molar refractivity (Wildman–Crippen MR) is 48.6 cm³/mol. The molecule has 1 aromatic carbocycles. The third-order valence-electron chi connectivity index (χ3n) is 1.78. The Labute approximate surface area is 84.7 Å². The van der Waals surface area contributed by atoms with Gasteiger partial charge in [0.25, 0.3) is 0 Å². The van der Waals surface area contributed by atoms with Crippen LogP contribution in [0, 0.1) is 6.92 Å². The van der Waals surface area contributed by atoms with Crippen molar-refractivity contribution >= 4 is 12.6 Å². The van der Waals surface area contributed by atoms with Gasteiger partial charge in [0, 0.05) is 5.56 Å². The number of ether oxygens (including phenoxy) is 1. The average Bonchev–Trinajstić information content (AvgIpc) is 2.15. The third kappa shape index (κ3) is 2.59. The number of carbonyl (C=O) groups excluding carboxylic acids is 2. The van der Waals surface area contributed by atoms with Crippen LogP contribution in [-0.4, -0.2) is 19.2 Å². The Morgan fingerprint density at radius 3 is 2.40 bits per heavy atom. The Hall–Kier alpha value is -1.78. The first kappa shape index (κ1) is 11.3. The predicted octanol–water partition coefficient (Wildman–Crippen LogP) is 2.22. The maximum atomic E-state index is 12.0. The standard InChI is InChI=1S/C10H8F2O3/c1-6-2-7(4-13)8(5-14)9(3-6)15-10(11)12/h2-5,10H,1H3. The van der Waals surface area contributed by atoms with Gasteiger partial charge in [-0.15, -0.1) is 0 Å². The molecule has 1 aromatic rings. The van der Waals surface area contributed by atoms with E-state index in [0.29, 0.717) is 18.1 Å². The lowest BCUT2D eigenvalue weighted by Gasteiger charge is -2.09. The van der Waals surface area contributed by atoms with Crippen LogP contribution in [0.1, 0.15) is 26.3 Å². The molecule has 80 valence electrons. The number of benzene rings is 1. The number of alkyl halides is 2. The lowest BCUT2D eigenvalue weighted by molar-refractivity contribution is -0.0501. The van der Waals surface area contributed by atoms with Crippen molar-refractivity contribution in [2.24, 2.45) is 0 Å². The molecule has 0 radical (unpaired) electrons. The van der Waals surface area contributed by atoms with E-state index < -0.39 is 6.61 Å². The van der Waals surface area contributed by atoms with Gasteiger partial charge >= 0.3 is 6.61 Å². The number of hydrogen-bond donors (Lipinski definition) is 0. The molecule has 0 heterocycles. The first-order valence-electron chi connectivity index (χ1n) is 4.08. The largest absolute Gasteiger partial charge is 0.434 e. The van der Waals surface area contributed by atoms with Gasteiger partial charge in [-0.05, 0) is 24.6 Å². The molecule has 0 spiro atoms. The lowest BCUT2D eigenvalue weighted by Crippen LogP contribution is -2.06. The molecule has 0 aromatic heterocycles. The van der Waals surface area contributed by atoms with E-state index in [2.05, 4.69) is 4.74 Å². The molecule has 0 N–H and O–H groups in total. The monoisotopic (exact) mass is 214 g/mol. The molecule has 0 atom stereocenters. The minimum absolute atomic E-state index is 0.0423. The molecule has 0 amide bonds. The highest BCUT2D eigenvalue weighted by Gasteiger charge is 2.13. The topological polar surface area (TPSA) is 43.4 Å². The number of carbonyl (C=O) groups is 2. The minimum Gasteiger partial charge on any atom is -0.434 e. The van der Waals surface area contributed by atoms with Crippen molar-refractivity contribution < 1.29 is 23.1 Å². The fraction of sp³-hybridized carbons (Fsp3) is 0.200. The summed E-state index contributed by atoms with van der Waals surface area (Å²) in [6.07, 6.45) is 0.746. The van der Waals surface area contributed by atoms with Crippen LogP contribution in [0.25, 0.3) is 0 Å². The van der Waals surface area contributed by atoms with Crippen LogP contribution in [-0.2, 0) is 0 Å².